The second kappa shape index (κ2) is 6.65. The molecule has 114 valence electrons. The molecule has 0 aliphatic heterocycles. The molecule has 0 fully saturated rings. The molecule has 0 aliphatic rings. The van der Waals surface area contributed by atoms with Crippen LogP contribution in [0.5, 0.6) is 5.75 Å². The van der Waals surface area contributed by atoms with Crippen molar-refractivity contribution in [1.82, 2.24) is 4.98 Å². The first-order valence-corrected chi connectivity index (χ1v) is 7.24. The minimum absolute atomic E-state index is 0.385. The predicted octanol–water partition coefficient (Wildman–Crippen LogP) is 2.09. The van der Waals surface area contributed by atoms with Crippen LogP contribution in [0.25, 0.3) is 22.9 Å². The monoisotopic (exact) mass is 305 g/mol. The van der Waals surface area contributed by atoms with E-state index in [2.05, 4.69) is 4.98 Å². The zero-order valence-electron chi connectivity index (χ0n) is 12.7. The summed E-state index contributed by atoms with van der Waals surface area (Å²) in [5.74, 6) is 0.571. The fourth-order valence-electron chi connectivity index (χ4n) is 2.38. The molecule has 23 heavy (non-hydrogen) atoms. The summed E-state index contributed by atoms with van der Waals surface area (Å²) in [6.07, 6.45) is 5.59. The van der Waals surface area contributed by atoms with E-state index in [1.54, 1.807) is 19.2 Å². The molecule has 0 radical (unpaired) electrons. The number of ether oxygens (including phenoxy) is 1. The van der Waals surface area contributed by atoms with Crippen molar-refractivity contribution in [1.29, 1.82) is 0 Å². The highest BCUT2D eigenvalue weighted by atomic mass is 16.5. The Balaban J connectivity index is 1.93. The highest BCUT2D eigenvalue weighted by Crippen LogP contribution is 2.17. The van der Waals surface area contributed by atoms with Crippen molar-refractivity contribution in [2.75, 3.05) is 7.11 Å². The number of aromatic nitrogens is 1. The highest BCUT2D eigenvalue weighted by Gasteiger charge is 2.12. The van der Waals surface area contributed by atoms with Gasteiger partial charge in [0.15, 0.2) is 0 Å². The Hall–Kier alpha value is -2.63. The van der Waals surface area contributed by atoms with E-state index in [1.807, 2.05) is 54.7 Å². The zero-order valence-corrected chi connectivity index (χ0v) is 12.7. The summed E-state index contributed by atoms with van der Waals surface area (Å²) in [7, 11) is 0.0115. The van der Waals surface area contributed by atoms with Crippen LogP contribution >= 0.6 is 0 Å². The first-order chi connectivity index (χ1) is 11.2. The van der Waals surface area contributed by atoms with Gasteiger partial charge in [-0.15, -0.1) is 0 Å². The van der Waals surface area contributed by atoms with Gasteiger partial charge in [-0.05, 0) is 40.7 Å². The standard InChI is InChI=1S/C18H16BNO3/c1-23-18-9-13(8-16(11-18)19(21)22)6-7-17-10-14-4-2-3-5-15(14)12-20-17/h2-12,21-22H,1H3/b7-6+. The third kappa shape index (κ3) is 3.59. The van der Waals surface area contributed by atoms with E-state index in [4.69, 9.17) is 4.74 Å². The third-order valence-electron chi connectivity index (χ3n) is 3.58. The van der Waals surface area contributed by atoms with Gasteiger partial charge in [-0.3, -0.25) is 4.98 Å². The third-order valence-corrected chi connectivity index (χ3v) is 3.58. The molecular formula is C18H16BNO3. The average Bonchev–Trinajstić information content (AvgIpc) is 2.59. The van der Waals surface area contributed by atoms with Crippen molar-refractivity contribution in [2.24, 2.45) is 0 Å². The van der Waals surface area contributed by atoms with Gasteiger partial charge >= 0.3 is 7.12 Å². The van der Waals surface area contributed by atoms with E-state index < -0.39 is 7.12 Å². The summed E-state index contributed by atoms with van der Waals surface area (Å²) in [6.45, 7) is 0. The molecule has 2 N–H and O–H groups in total. The van der Waals surface area contributed by atoms with Crippen molar-refractivity contribution < 1.29 is 14.8 Å². The largest absolute Gasteiger partial charge is 0.497 e. The van der Waals surface area contributed by atoms with E-state index in [9.17, 15) is 10.0 Å². The van der Waals surface area contributed by atoms with Crippen molar-refractivity contribution in [2.45, 2.75) is 0 Å². The van der Waals surface area contributed by atoms with Gasteiger partial charge in [0.25, 0.3) is 0 Å². The second-order valence-corrected chi connectivity index (χ2v) is 5.20. The number of methoxy groups -OCH3 is 1. The first-order valence-electron chi connectivity index (χ1n) is 7.24. The number of fused-ring (bicyclic) bond motifs is 1. The normalized spacial score (nSPS) is 11.1. The number of pyridine rings is 1. The maximum absolute atomic E-state index is 9.34. The van der Waals surface area contributed by atoms with Crippen LogP contribution in [0.15, 0.2) is 54.7 Å². The lowest BCUT2D eigenvalue weighted by atomic mass is 9.79. The number of rotatable bonds is 4. The minimum atomic E-state index is -1.53. The summed E-state index contributed by atoms with van der Waals surface area (Å²) in [6, 6.07) is 15.2. The van der Waals surface area contributed by atoms with Gasteiger partial charge in [-0.2, -0.15) is 0 Å². The van der Waals surface area contributed by atoms with E-state index >= 15 is 0 Å². The lowest BCUT2D eigenvalue weighted by molar-refractivity contribution is 0.412. The summed E-state index contributed by atoms with van der Waals surface area (Å²) in [5, 5.41) is 20.9. The van der Waals surface area contributed by atoms with Crippen LogP contribution in [-0.4, -0.2) is 29.3 Å². The lowest BCUT2D eigenvalue weighted by Gasteiger charge is -2.06. The highest BCUT2D eigenvalue weighted by molar-refractivity contribution is 6.58. The van der Waals surface area contributed by atoms with Gasteiger partial charge in [0.05, 0.1) is 12.8 Å². The SMILES string of the molecule is COc1cc(/C=C/c2cc3ccccc3cn2)cc(B(O)O)c1. The Kier molecular flexibility index (Phi) is 4.41. The maximum Gasteiger partial charge on any atom is 0.488 e. The number of nitrogens with zero attached hydrogens (tertiary/aromatic N) is 1. The van der Waals surface area contributed by atoms with Gasteiger partial charge in [-0.25, -0.2) is 0 Å². The summed E-state index contributed by atoms with van der Waals surface area (Å²) < 4.78 is 5.18. The number of hydrogen-bond acceptors (Lipinski definition) is 4. The van der Waals surface area contributed by atoms with Gasteiger partial charge in [-0.1, -0.05) is 36.4 Å². The molecule has 0 saturated heterocycles. The molecule has 3 rings (SSSR count). The molecule has 4 nitrogen and oxygen atoms in total. The first kappa shape index (κ1) is 15.3. The van der Waals surface area contributed by atoms with Crippen LogP contribution in [0.1, 0.15) is 11.3 Å². The molecular weight excluding hydrogens is 289 g/mol. The Morgan fingerprint density at radius 1 is 1.00 bits per heavy atom. The van der Waals surface area contributed by atoms with E-state index in [0.717, 1.165) is 22.0 Å². The van der Waals surface area contributed by atoms with Crippen LogP contribution < -0.4 is 10.2 Å². The van der Waals surface area contributed by atoms with Gasteiger partial charge in [0.2, 0.25) is 0 Å². The molecule has 3 aromatic rings. The van der Waals surface area contributed by atoms with Crippen LogP contribution in [0.2, 0.25) is 0 Å². The molecule has 0 aliphatic carbocycles. The maximum atomic E-state index is 9.34. The Bertz CT molecular complexity index is 862. The van der Waals surface area contributed by atoms with Crippen molar-refractivity contribution in [3.8, 4) is 5.75 Å². The Morgan fingerprint density at radius 2 is 1.78 bits per heavy atom. The van der Waals surface area contributed by atoms with Gasteiger partial charge in [0, 0.05) is 11.6 Å². The van der Waals surface area contributed by atoms with Crippen molar-refractivity contribution >= 4 is 35.5 Å². The average molecular weight is 305 g/mol. The number of benzene rings is 2. The molecule has 2 aromatic carbocycles. The lowest BCUT2D eigenvalue weighted by Crippen LogP contribution is -2.29. The fourth-order valence-corrected chi connectivity index (χ4v) is 2.38. The Morgan fingerprint density at radius 3 is 2.52 bits per heavy atom. The van der Waals surface area contributed by atoms with Crippen LogP contribution in [0.4, 0.5) is 0 Å². The van der Waals surface area contributed by atoms with Crippen molar-refractivity contribution in [3.05, 3.63) is 66.0 Å². The van der Waals surface area contributed by atoms with E-state index in [-0.39, 0.29) is 0 Å². The molecule has 0 amide bonds. The minimum Gasteiger partial charge on any atom is -0.497 e. The molecule has 0 unspecified atom stereocenters. The zero-order chi connectivity index (χ0) is 16.2. The smallest absolute Gasteiger partial charge is 0.488 e. The predicted molar refractivity (Wildman–Crippen MR) is 93.5 cm³/mol. The molecule has 1 aromatic heterocycles. The molecule has 1 heterocycles. The molecule has 0 spiro atoms. The van der Waals surface area contributed by atoms with Gasteiger partial charge < -0.3 is 14.8 Å². The summed E-state index contributed by atoms with van der Waals surface area (Å²) >= 11 is 0. The summed E-state index contributed by atoms with van der Waals surface area (Å²) in [4.78, 5) is 4.41. The fraction of sp³-hybridized carbons (Fsp3) is 0.0556. The second-order valence-electron chi connectivity index (χ2n) is 5.20. The van der Waals surface area contributed by atoms with Crippen molar-refractivity contribution in [3.63, 3.8) is 0 Å². The topological polar surface area (TPSA) is 62.6 Å². The van der Waals surface area contributed by atoms with E-state index in [1.165, 1.54) is 0 Å². The molecule has 5 heteroatoms. The quantitative estimate of drug-likeness (QED) is 0.725. The molecule has 0 atom stereocenters. The number of hydrogen-bond donors (Lipinski definition) is 2. The molecule has 0 bridgehead atoms. The van der Waals surface area contributed by atoms with Crippen LogP contribution in [0.3, 0.4) is 0 Å². The van der Waals surface area contributed by atoms with Crippen LogP contribution in [-0.2, 0) is 0 Å². The van der Waals surface area contributed by atoms with E-state index in [0.29, 0.717) is 11.2 Å². The Labute approximate surface area is 134 Å². The summed E-state index contributed by atoms with van der Waals surface area (Å²) in [5.41, 5.74) is 2.02. The molecule has 0 saturated carbocycles. The van der Waals surface area contributed by atoms with Crippen LogP contribution in [0, 0.1) is 0 Å². The van der Waals surface area contributed by atoms with Gasteiger partial charge in [0.1, 0.15) is 5.75 Å².